The number of halogens is 5. The molecule has 0 saturated carbocycles. The summed E-state index contributed by atoms with van der Waals surface area (Å²) in [6.07, 6.45) is -4.30. The van der Waals surface area contributed by atoms with Crippen LogP contribution >= 0.6 is 27.5 Å². The van der Waals surface area contributed by atoms with Gasteiger partial charge < -0.3 is 5.32 Å². The van der Waals surface area contributed by atoms with Crippen molar-refractivity contribution in [1.29, 1.82) is 0 Å². The third kappa shape index (κ3) is 5.46. The van der Waals surface area contributed by atoms with Crippen LogP contribution in [0.5, 0.6) is 0 Å². The average Bonchev–Trinajstić information content (AvgIpc) is 2.99. The Morgan fingerprint density at radius 1 is 1.11 bits per heavy atom. The summed E-state index contributed by atoms with van der Waals surface area (Å²) >= 11 is 9.19. The molecule has 2 aromatic carbocycles. The Kier molecular flexibility index (Phi) is 6.13. The first-order chi connectivity index (χ1) is 12.7. The first-order valence-corrected chi connectivity index (χ1v) is 9.49. The molecule has 2 atom stereocenters. The van der Waals surface area contributed by atoms with Crippen LogP contribution in [0, 0.1) is 5.92 Å². The minimum atomic E-state index is -4.30. The fourth-order valence-electron chi connectivity index (χ4n) is 3.35. The van der Waals surface area contributed by atoms with Crippen molar-refractivity contribution in [3.63, 3.8) is 0 Å². The largest absolute Gasteiger partial charge is 0.401 e. The van der Waals surface area contributed by atoms with Crippen molar-refractivity contribution in [3.05, 3.63) is 63.6 Å². The molecule has 144 valence electrons. The summed E-state index contributed by atoms with van der Waals surface area (Å²) in [5.74, 6) is -1.19. The van der Waals surface area contributed by atoms with Gasteiger partial charge in [0.1, 0.15) is 0 Å². The van der Waals surface area contributed by atoms with E-state index >= 15 is 0 Å². The van der Waals surface area contributed by atoms with Crippen LogP contribution in [-0.2, 0) is 4.79 Å². The molecule has 1 amide bonds. The number of benzene rings is 2. The molecule has 0 aliphatic carbocycles. The molecule has 0 aromatic heterocycles. The topological polar surface area (TPSA) is 32.3 Å². The van der Waals surface area contributed by atoms with Crippen LogP contribution in [0.3, 0.4) is 0 Å². The highest BCUT2D eigenvalue weighted by atomic mass is 79.9. The van der Waals surface area contributed by atoms with Gasteiger partial charge in [0, 0.05) is 34.2 Å². The summed E-state index contributed by atoms with van der Waals surface area (Å²) < 4.78 is 39.4. The molecular weight excluding hydrogens is 445 g/mol. The maximum Gasteiger partial charge on any atom is 0.401 e. The third-order valence-electron chi connectivity index (χ3n) is 4.55. The molecule has 2 unspecified atom stereocenters. The Labute approximate surface area is 168 Å². The number of carbonyl (C=O) groups is 1. The number of carbonyl (C=O) groups excluding carboxylic acids is 1. The van der Waals surface area contributed by atoms with Gasteiger partial charge in [0.2, 0.25) is 5.91 Å². The van der Waals surface area contributed by atoms with Gasteiger partial charge >= 0.3 is 6.18 Å². The smallest absolute Gasteiger partial charge is 0.326 e. The summed E-state index contributed by atoms with van der Waals surface area (Å²) in [5, 5.41) is 3.33. The predicted octanol–water partition coefficient (Wildman–Crippen LogP) is 5.32. The quantitative estimate of drug-likeness (QED) is 0.668. The molecule has 27 heavy (non-hydrogen) atoms. The van der Waals surface area contributed by atoms with Crippen molar-refractivity contribution in [2.24, 2.45) is 5.92 Å². The van der Waals surface area contributed by atoms with Crippen molar-refractivity contribution in [3.8, 4) is 0 Å². The zero-order valence-corrected chi connectivity index (χ0v) is 16.5. The molecule has 3 rings (SSSR count). The third-order valence-corrected chi connectivity index (χ3v) is 5.33. The maximum absolute atomic E-state index is 12.8. The van der Waals surface area contributed by atoms with E-state index in [1.807, 2.05) is 24.3 Å². The van der Waals surface area contributed by atoms with Crippen LogP contribution in [0.25, 0.3) is 0 Å². The zero-order chi connectivity index (χ0) is 19.6. The lowest BCUT2D eigenvalue weighted by Crippen LogP contribution is -2.34. The normalized spacial score (nSPS) is 20.6. The first kappa shape index (κ1) is 20.2. The zero-order valence-electron chi connectivity index (χ0n) is 14.1. The van der Waals surface area contributed by atoms with Crippen molar-refractivity contribution in [1.82, 2.24) is 4.90 Å². The van der Waals surface area contributed by atoms with Crippen molar-refractivity contribution >= 4 is 39.1 Å². The van der Waals surface area contributed by atoms with Crippen LogP contribution in [0.4, 0.5) is 18.9 Å². The number of alkyl halides is 3. The van der Waals surface area contributed by atoms with E-state index in [4.69, 9.17) is 11.6 Å². The SMILES string of the molecule is O=C(Nc1ccc(Cl)cc1)C1CN(CC(F)(F)F)CC1c1ccc(Br)cc1. The predicted molar refractivity (Wildman–Crippen MR) is 103 cm³/mol. The number of amides is 1. The molecule has 1 fully saturated rings. The molecule has 1 heterocycles. The van der Waals surface area contributed by atoms with Crippen molar-refractivity contribution in [2.45, 2.75) is 12.1 Å². The Bertz CT molecular complexity index is 796. The fraction of sp³-hybridized carbons (Fsp3) is 0.316. The van der Waals surface area contributed by atoms with Crippen molar-refractivity contribution in [2.75, 3.05) is 25.0 Å². The number of nitrogens with one attached hydrogen (secondary N) is 1. The molecule has 1 saturated heterocycles. The summed E-state index contributed by atoms with van der Waals surface area (Å²) in [7, 11) is 0. The summed E-state index contributed by atoms with van der Waals surface area (Å²) in [4.78, 5) is 14.1. The van der Waals surface area contributed by atoms with Crippen LogP contribution in [-0.4, -0.2) is 36.6 Å². The second kappa shape index (κ2) is 8.20. The Morgan fingerprint density at radius 3 is 2.33 bits per heavy atom. The lowest BCUT2D eigenvalue weighted by molar-refractivity contribution is -0.144. The van der Waals surface area contributed by atoms with E-state index < -0.39 is 18.6 Å². The number of nitrogens with zero attached hydrogens (tertiary/aromatic N) is 1. The highest BCUT2D eigenvalue weighted by Gasteiger charge is 2.42. The van der Waals surface area contributed by atoms with Gasteiger partial charge in [-0.25, -0.2) is 0 Å². The average molecular weight is 462 g/mol. The van der Waals surface area contributed by atoms with E-state index in [0.717, 1.165) is 10.0 Å². The number of hydrogen-bond donors (Lipinski definition) is 1. The molecular formula is C19H17BrClF3N2O. The summed E-state index contributed by atoms with van der Waals surface area (Å²) in [6.45, 7) is -0.787. The van der Waals surface area contributed by atoms with Gasteiger partial charge in [-0.15, -0.1) is 0 Å². The standard InChI is InChI=1S/C19H17BrClF3N2O/c20-13-3-1-12(2-4-13)16-9-26(11-19(22,23)24)10-17(16)18(27)25-15-7-5-14(21)6-8-15/h1-8,16-17H,9-11H2,(H,25,27). The molecule has 8 heteroatoms. The van der Waals surface area contributed by atoms with Crippen LogP contribution < -0.4 is 5.32 Å². The molecule has 3 nitrogen and oxygen atoms in total. The minimum Gasteiger partial charge on any atom is -0.326 e. The molecule has 2 aromatic rings. The molecule has 0 radical (unpaired) electrons. The van der Waals surface area contributed by atoms with E-state index in [1.165, 1.54) is 4.90 Å². The van der Waals surface area contributed by atoms with Gasteiger partial charge in [-0.2, -0.15) is 13.2 Å². The number of anilines is 1. The molecule has 0 bridgehead atoms. The van der Waals surface area contributed by atoms with E-state index in [2.05, 4.69) is 21.2 Å². The highest BCUT2D eigenvalue weighted by Crippen LogP contribution is 2.35. The Morgan fingerprint density at radius 2 is 1.74 bits per heavy atom. The fourth-order valence-corrected chi connectivity index (χ4v) is 3.74. The number of rotatable bonds is 4. The van der Waals surface area contributed by atoms with E-state index in [0.29, 0.717) is 10.7 Å². The first-order valence-electron chi connectivity index (χ1n) is 8.32. The lowest BCUT2D eigenvalue weighted by Gasteiger charge is -2.18. The van der Waals surface area contributed by atoms with Gasteiger partial charge in [0.25, 0.3) is 0 Å². The molecule has 1 aliphatic heterocycles. The van der Waals surface area contributed by atoms with Crippen LogP contribution in [0.2, 0.25) is 5.02 Å². The minimum absolute atomic E-state index is 0.0552. The highest BCUT2D eigenvalue weighted by molar-refractivity contribution is 9.10. The second-order valence-electron chi connectivity index (χ2n) is 6.57. The van der Waals surface area contributed by atoms with E-state index in [9.17, 15) is 18.0 Å². The van der Waals surface area contributed by atoms with Crippen LogP contribution in [0.1, 0.15) is 11.5 Å². The van der Waals surface area contributed by atoms with E-state index in [1.54, 1.807) is 24.3 Å². The monoisotopic (exact) mass is 460 g/mol. The second-order valence-corrected chi connectivity index (χ2v) is 7.92. The van der Waals surface area contributed by atoms with Gasteiger partial charge in [0.15, 0.2) is 0 Å². The Balaban J connectivity index is 1.80. The number of hydrogen-bond acceptors (Lipinski definition) is 2. The van der Waals surface area contributed by atoms with Gasteiger partial charge in [0.05, 0.1) is 12.5 Å². The van der Waals surface area contributed by atoms with Crippen molar-refractivity contribution < 1.29 is 18.0 Å². The summed E-state index contributed by atoms with van der Waals surface area (Å²) in [5.41, 5.74) is 1.41. The van der Waals surface area contributed by atoms with Gasteiger partial charge in [-0.1, -0.05) is 39.7 Å². The van der Waals surface area contributed by atoms with Gasteiger partial charge in [-0.05, 0) is 42.0 Å². The van der Waals surface area contributed by atoms with E-state index in [-0.39, 0.29) is 24.9 Å². The molecule has 1 aliphatic rings. The summed E-state index contributed by atoms with van der Waals surface area (Å²) in [6, 6.07) is 14.0. The molecule has 0 spiro atoms. The lowest BCUT2D eigenvalue weighted by atomic mass is 9.88. The Hall–Kier alpha value is -1.57. The number of likely N-dealkylation sites (tertiary alicyclic amines) is 1. The van der Waals surface area contributed by atoms with Crippen LogP contribution in [0.15, 0.2) is 53.0 Å². The molecule has 1 N–H and O–H groups in total. The maximum atomic E-state index is 12.8. The van der Waals surface area contributed by atoms with Gasteiger partial charge in [-0.3, -0.25) is 9.69 Å².